The van der Waals surface area contributed by atoms with Gasteiger partial charge >= 0.3 is 7.82 Å². The van der Waals surface area contributed by atoms with E-state index < -0.39 is 17.8 Å². The van der Waals surface area contributed by atoms with Gasteiger partial charge < -0.3 is 24.3 Å². The lowest BCUT2D eigenvalue weighted by molar-refractivity contribution is 0.122. The number of thiophene rings is 1. The SMILES string of the molecule is CS(=O)(=O)N1CCN(Cc2cc3nc(-c4cccc5[nH]ncc45)nc(N4CCOCC4)c3s2)CC1.O=P(O)(O)O. The minimum atomic E-state index is -4.64. The maximum atomic E-state index is 11.8. The average Bonchev–Trinajstić information content (AvgIpc) is 3.54. The number of aromatic amines is 1. The second-order valence-corrected chi connectivity index (χ2v) is 13.6. The van der Waals surface area contributed by atoms with Crippen LogP contribution in [-0.4, -0.2) is 111 Å². The number of piperazine rings is 1. The molecule has 6 rings (SSSR count). The Morgan fingerprint density at radius 3 is 2.45 bits per heavy atom. The van der Waals surface area contributed by atoms with E-state index in [0.29, 0.717) is 32.1 Å². The third-order valence-corrected chi connectivity index (χ3v) is 9.03. The Morgan fingerprint density at radius 2 is 1.77 bits per heavy atom. The zero-order chi connectivity index (χ0) is 28.5. The van der Waals surface area contributed by atoms with Crippen LogP contribution in [0.5, 0.6) is 0 Å². The van der Waals surface area contributed by atoms with Gasteiger partial charge in [0.1, 0.15) is 0 Å². The number of phosphoric acid groups is 1. The van der Waals surface area contributed by atoms with Gasteiger partial charge in [-0.15, -0.1) is 11.3 Å². The molecule has 2 fully saturated rings. The van der Waals surface area contributed by atoms with Crippen LogP contribution in [0.4, 0.5) is 5.82 Å². The van der Waals surface area contributed by atoms with Crippen LogP contribution in [0.15, 0.2) is 30.5 Å². The van der Waals surface area contributed by atoms with Crippen molar-refractivity contribution < 1.29 is 32.4 Å². The Hall–Kier alpha value is -2.53. The van der Waals surface area contributed by atoms with Crippen LogP contribution in [0.1, 0.15) is 4.88 Å². The summed E-state index contributed by atoms with van der Waals surface area (Å²) in [5.74, 6) is 1.64. The number of H-pyrrole nitrogens is 1. The molecule has 2 aliphatic rings. The Balaban J connectivity index is 0.000000595. The van der Waals surface area contributed by atoms with E-state index in [1.165, 1.54) is 11.1 Å². The van der Waals surface area contributed by atoms with Crippen LogP contribution in [0.25, 0.3) is 32.5 Å². The first-order valence-electron chi connectivity index (χ1n) is 12.5. The fourth-order valence-electron chi connectivity index (χ4n) is 4.75. The first kappa shape index (κ1) is 29.0. The first-order chi connectivity index (χ1) is 19.0. The molecular formula is C23H30N7O7PS2. The third-order valence-electron chi connectivity index (χ3n) is 6.62. The fourth-order valence-corrected chi connectivity index (χ4v) is 6.74. The zero-order valence-electron chi connectivity index (χ0n) is 21.7. The lowest BCUT2D eigenvalue weighted by Gasteiger charge is -2.32. The number of hydrogen-bond acceptors (Lipinski definition) is 10. The van der Waals surface area contributed by atoms with Crippen molar-refractivity contribution in [2.75, 3.05) is 63.6 Å². The lowest BCUT2D eigenvalue weighted by Crippen LogP contribution is -2.47. The van der Waals surface area contributed by atoms with E-state index in [-0.39, 0.29) is 0 Å². The van der Waals surface area contributed by atoms with E-state index in [1.807, 2.05) is 24.4 Å². The predicted molar refractivity (Wildman–Crippen MR) is 151 cm³/mol. The largest absolute Gasteiger partial charge is 0.466 e. The molecule has 0 spiro atoms. The van der Waals surface area contributed by atoms with Crippen LogP contribution in [-0.2, 0) is 25.9 Å². The number of nitrogens with zero attached hydrogens (tertiary/aromatic N) is 6. The maximum absolute atomic E-state index is 11.8. The molecule has 14 nitrogen and oxygen atoms in total. The number of aromatic nitrogens is 4. The van der Waals surface area contributed by atoms with E-state index in [0.717, 1.165) is 65.2 Å². The van der Waals surface area contributed by atoms with Crippen LogP contribution in [0, 0.1) is 0 Å². The number of sulfonamides is 1. The molecule has 1 aromatic carbocycles. The highest BCUT2D eigenvalue weighted by molar-refractivity contribution is 7.88. The Kier molecular flexibility index (Phi) is 8.52. The molecule has 0 saturated carbocycles. The second-order valence-electron chi connectivity index (χ2n) is 9.49. The molecule has 40 heavy (non-hydrogen) atoms. The molecular weight excluding hydrogens is 581 g/mol. The van der Waals surface area contributed by atoms with Gasteiger partial charge in [-0.2, -0.15) is 9.40 Å². The Morgan fingerprint density at radius 1 is 1.07 bits per heavy atom. The summed E-state index contributed by atoms with van der Waals surface area (Å²) >= 11 is 1.73. The smallest absolute Gasteiger partial charge is 0.378 e. The molecule has 4 N–H and O–H groups in total. The van der Waals surface area contributed by atoms with Gasteiger partial charge in [0.25, 0.3) is 0 Å². The molecule has 17 heteroatoms. The number of nitrogens with one attached hydrogen (secondary N) is 1. The molecule has 2 aliphatic heterocycles. The molecule has 0 amide bonds. The average molecular weight is 612 g/mol. The predicted octanol–water partition coefficient (Wildman–Crippen LogP) is 1.22. The van der Waals surface area contributed by atoms with Crippen LogP contribution in [0.3, 0.4) is 0 Å². The Bertz CT molecular complexity index is 1630. The minimum absolute atomic E-state index is 0.529. The van der Waals surface area contributed by atoms with Gasteiger partial charge in [-0.25, -0.2) is 23.0 Å². The molecule has 2 saturated heterocycles. The van der Waals surface area contributed by atoms with E-state index in [9.17, 15) is 8.42 Å². The summed E-state index contributed by atoms with van der Waals surface area (Å²) in [6.45, 7) is 6.22. The van der Waals surface area contributed by atoms with E-state index in [1.54, 1.807) is 15.6 Å². The minimum Gasteiger partial charge on any atom is -0.378 e. The molecule has 4 aromatic rings. The van der Waals surface area contributed by atoms with E-state index in [2.05, 4.69) is 26.1 Å². The van der Waals surface area contributed by atoms with Crippen molar-refractivity contribution in [1.29, 1.82) is 0 Å². The molecule has 0 atom stereocenters. The number of hydrogen-bond donors (Lipinski definition) is 4. The van der Waals surface area contributed by atoms with E-state index in [4.69, 9.17) is 34.0 Å². The number of ether oxygens (including phenoxy) is 1. The molecule has 0 unspecified atom stereocenters. The number of rotatable bonds is 5. The number of anilines is 1. The van der Waals surface area contributed by atoms with Crippen molar-refractivity contribution in [3.8, 4) is 11.4 Å². The van der Waals surface area contributed by atoms with Gasteiger partial charge in [-0.1, -0.05) is 12.1 Å². The highest BCUT2D eigenvalue weighted by Crippen LogP contribution is 2.36. The van der Waals surface area contributed by atoms with Crippen LogP contribution in [0.2, 0.25) is 0 Å². The van der Waals surface area contributed by atoms with Crippen LogP contribution >= 0.6 is 19.2 Å². The van der Waals surface area contributed by atoms with Crippen molar-refractivity contribution in [2.24, 2.45) is 0 Å². The van der Waals surface area contributed by atoms with Crippen molar-refractivity contribution in [3.63, 3.8) is 0 Å². The first-order valence-corrected chi connectivity index (χ1v) is 16.7. The highest BCUT2D eigenvalue weighted by Gasteiger charge is 2.25. The topological polar surface area (TPSA) is 185 Å². The summed E-state index contributed by atoms with van der Waals surface area (Å²) < 4.78 is 40.8. The standard InChI is InChI=1S/C23H27N7O3S2.H3O4P/c1-35(31,32)30-7-5-28(6-8-30)15-16-13-20-21(34-16)23(29-9-11-33-12-10-29)26-22(25-20)17-3-2-4-19-18(17)14-24-27-19;1-5(2,3)4/h2-4,13-14H,5-12,15H2,1H3,(H,24,27);(H3,1,2,3,4). The monoisotopic (exact) mass is 611 g/mol. The van der Waals surface area contributed by atoms with Gasteiger partial charge in [0.05, 0.1) is 41.4 Å². The molecule has 0 aliphatic carbocycles. The molecule has 0 radical (unpaired) electrons. The van der Waals surface area contributed by atoms with Gasteiger partial charge in [0.2, 0.25) is 10.0 Å². The summed E-state index contributed by atoms with van der Waals surface area (Å²) in [7, 11) is -7.77. The van der Waals surface area contributed by atoms with Gasteiger partial charge in [0.15, 0.2) is 11.6 Å². The molecule has 5 heterocycles. The maximum Gasteiger partial charge on any atom is 0.466 e. The zero-order valence-corrected chi connectivity index (χ0v) is 24.2. The summed E-state index contributed by atoms with van der Waals surface area (Å²) in [4.78, 5) is 37.4. The highest BCUT2D eigenvalue weighted by atomic mass is 32.2. The van der Waals surface area contributed by atoms with Crippen molar-refractivity contribution in [1.82, 2.24) is 29.4 Å². The van der Waals surface area contributed by atoms with Gasteiger partial charge in [0, 0.05) is 61.6 Å². The summed E-state index contributed by atoms with van der Waals surface area (Å²) in [5, 5.41) is 8.23. The number of benzene rings is 1. The van der Waals surface area contributed by atoms with E-state index >= 15 is 0 Å². The van der Waals surface area contributed by atoms with Crippen molar-refractivity contribution in [3.05, 3.63) is 35.3 Å². The molecule has 216 valence electrons. The van der Waals surface area contributed by atoms with Gasteiger partial charge in [-0.3, -0.25) is 10.00 Å². The number of fused-ring (bicyclic) bond motifs is 2. The number of morpholine rings is 1. The summed E-state index contributed by atoms with van der Waals surface area (Å²) in [6.07, 6.45) is 3.10. The van der Waals surface area contributed by atoms with Crippen molar-refractivity contribution >= 4 is 56.1 Å². The van der Waals surface area contributed by atoms with Crippen molar-refractivity contribution in [2.45, 2.75) is 6.54 Å². The van der Waals surface area contributed by atoms with Gasteiger partial charge in [-0.05, 0) is 12.1 Å². The molecule has 0 bridgehead atoms. The normalized spacial score (nSPS) is 17.8. The fraction of sp³-hybridized carbons (Fsp3) is 0.435. The third kappa shape index (κ3) is 7.02. The Labute approximate surface area is 234 Å². The molecule has 3 aromatic heterocycles. The quantitative estimate of drug-likeness (QED) is 0.237. The summed E-state index contributed by atoms with van der Waals surface area (Å²) in [6, 6.07) is 8.19. The second kappa shape index (κ2) is 11.8. The van der Waals surface area contributed by atoms with Crippen LogP contribution < -0.4 is 4.90 Å². The lowest BCUT2D eigenvalue weighted by atomic mass is 10.1. The summed E-state index contributed by atoms with van der Waals surface area (Å²) in [5.41, 5.74) is 2.85.